The molecular weight excluding hydrogens is 330 g/mol. The molecular formula is C21H23NO4. The molecule has 2 atom stereocenters. The lowest BCUT2D eigenvalue weighted by atomic mass is 10.0. The number of aliphatic carboxylic acids is 1. The molecule has 1 saturated carbocycles. The summed E-state index contributed by atoms with van der Waals surface area (Å²) in [6.45, 7) is 0.450. The van der Waals surface area contributed by atoms with Crippen LogP contribution >= 0.6 is 0 Å². The van der Waals surface area contributed by atoms with Gasteiger partial charge in [-0.1, -0.05) is 36.4 Å². The number of carboxylic acids is 1. The van der Waals surface area contributed by atoms with Crippen molar-refractivity contribution >= 4 is 11.9 Å². The first-order valence-electron chi connectivity index (χ1n) is 8.80. The molecule has 0 bridgehead atoms. The summed E-state index contributed by atoms with van der Waals surface area (Å²) < 4.78 is 5.25. The minimum atomic E-state index is -0.798. The molecule has 0 radical (unpaired) electrons. The fourth-order valence-corrected chi connectivity index (χ4v) is 3.40. The quantitative estimate of drug-likeness (QED) is 0.834. The number of benzene rings is 2. The normalized spacial score (nSPS) is 19.1. The molecule has 26 heavy (non-hydrogen) atoms. The van der Waals surface area contributed by atoms with Gasteiger partial charge in [0.15, 0.2) is 0 Å². The van der Waals surface area contributed by atoms with Crippen molar-refractivity contribution in [2.24, 2.45) is 11.8 Å². The Morgan fingerprint density at radius 1 is 1.08 bits per heavy atom. The topological polar surface area (TPSA) is 75.6 Å². The van der Waals surface area contributed by atoms with Gasteiger partial charge < -0.3 is 15.2 Å². The lowest BCUT2D eigenvalue weighted by Gasteiger charge is -2.11. The molecule has 136 valence electrons. The lowest BCUT2D eigenvalue weighted by molar-refractivity contribution is -0.141. The maximum Gasteiger partial charge on any atom is 0.306 e. The van der Waals surface area contributed by atoms with Gasteiger partial charge in [-0.2, -0.15) is 0 Å². The Balaban J connectivity index is 1.56. The molecule has 2 aromatic rings. The zero-order chi connectivity index (χ0) is 18.5. The van der Waals surface area contributed by atoms with E-state index in [0.29, 0.717) is 25.8 Å². The summed E-state index contributed by atoms with van der Waals surface area (Å²) in [5.41, 5.74) is 3.17. The predicted molar refractivity (Wildman–Crippen MR) is 98.7 cm³/mol. The molecule has 0 saturated heterocycles. The van der Waals surface area contributed by atoms with Gasteiger partial charge >= 0.3 is 5.97 Å². The Kier molecular flexibility index (Phi) is 5.56. The van der Waals surface area contributed by atoms with Gasteiger partial charge in [-0.15, -0.1) is 0 Å². The Morgan fingerprint density at radius 3 is 2.46 bits per heavy atom. The molecule has 0 heterocycles. The van der Waals surface area contributed by atoms with Crippen LogP contribution in [0.1, 0.15) is 24.8 Å². The Bertz CT molecular complexity index is 785. The molecule has 1 amide bonds. The van der Waals surface area contributed by atoms with Crippen LogP contribution in [0.5, 0.6) is 5.75 Å². The average molecular weight is 353 g/mol. The highest BCUT2D eigenvalue weighted by Crippen LogP contribution is 2.31. The molecule has 0 spiro atoms. The number of amides is 1. The summed E-state index contributed by atoms with van der Waals surface area (Å²) in [6, 6.07) is 15.9. The van der Waals surface area contributed by atoms with Crippen LogP contribution in [0.25, 0.3) is 11.1 Å². The van der Waals surface area contributed by atoms with Crippen LogP contribution in [0.4, 0.5) is 0 Å². The van der Waals surface area contributed by atoms with E-state index in [1.54, 1.807) is 7.11 Å². The van der Waals surface area contributed by atoms with Crippen molar-refractivity contribution < 1.29 is 19.4 Å². The van der Waals surface area contributed by atoms with Gasteiger partial charge in [0.05, 0.1) is 13.0 Å². The van der Waals surface area contributed by atoms with Gasteiger partial charge in [0, 0.05) is 12.5 Å². The highest BCUT2D eigenvalue weighted by Gasteiger charge is 2.33. The van der Waals surface area contributed by atoms with Gasteiger partial charge in [0.25, 0.3) is 0 Å². The summed E-state index contributed by atoms with van der Waals surface area (Å²) in [6.07, 6.45) is 1.68. The standard InChI is InChI=1S/C21H23NO4/c1-26-19-4-2-3-16(12-19)15-7-5-14(6-8-15)13-22-20(23)17-9-10-18(11-17)21(24)25/h2-8,12,17-18H,9-11,13H2,1H3,(H,22,23)(H,24,25)/t17-,18+/m1/s1. The molecule has 2 aromatic carbocycles. The third-order valence-electron chi connectivity index (χ3n) is 4.98. The number of carbonyl (C=O) groups is 2. The minimum absolute atomic E-state index is 0.0503. The van der Waals surface area contributed by atoms with Gasteiger partial charge in [-0.25, -0.2) is 0 Å². The predicted octanol–water partition coefficient (Wildman–Crippen LogP) is 3.48. The number of carboxylic acid groups (broad SMARTS) is 1. The van der Waals surface area contributed by atoms with Crippen LogP contribution in [-0.2, 0) is 16.1 Å². The van der Waals surface area contributed by atoms with Crippen molar-refractivity contribution in [1.82, 2.24) is 5.32 Å². The second kappa shape index (κ2) is 8.04. The first kappa shape index (κ1) is 18.0. The summed E-state index contributed by atoms with van der Waals surface area (Å²) in [5.74, 6) is -0.603. The Hall–Kier alpha value is -2.82. The largest absolute Gasteiger partial charge is 0.497 e. The van der Waals surface area contributed by atoms with E-state index in [1.165, 1.54) is 0 Å². The molecule has 5 heteroatoms. The van der Waals surface area contributed by atoms with Crippen molar-refractivity contribution in [3.63, 3.8) is 0 Å². The van der Waals surface area contributed by atoms with Crippen molar-refractivity contribution in [1.29, 1.82) is 0 Å². The molecule has 0 unspecified atom stereocenters. The van der Waals surface area contributed by atoms with E-state index in [-0.39, 0.29) is 17.7 Å². The zero-order valence-corrected chi connectivity index (χ0v) is 14.8. The molecule has 1 aliphatic carbocycles. The van der Waals surface area contributed by atoms with E-state index >= 15 is 0 Å². The van der Waals surface area contributed by atoms with E-state index in [9.17, 15) is 9.59 Å². The van der Waals surface area contributed by atoms with Gasteiger partial charge in [0.2, 0.25) is 5.91 Å². The van der Waals surface area contributed by atoms with Crippen LogP contribution in [0.3, 0.4) is 0 Å². The van der Waals surface area contributed by atoms with Crippen LogP contribution in [0.2, 0.25) is 0 Å². The fraction of sp³-hybridized carbons (Fsp3) is 0.333. The number of methoxy groups -OCH3 is 1. The third-order valence-corrected chi connectivity index (χ3v) is 4.98. The SMILES string of the molecule is COc1cccc(-c2ccc(CNC(=O)[C@@H]3CC[C@H](C(=O)O)C3)cc2)c1. The van der Waals surface area contributed by atoms with Crippen LogP contribution in [-0.4, -0.2) is 24.1 Å². The van der Waals surface area contributed by atoms with Crippen molar-refractivity contribution in [3.8, 4) is 16.9 Å². The van der Waals surface area contributed by atoms with E-state index < -0.39 is 5.97 Å². The summed E-state index contributed by atoms with van der Waals surface area (Å²) in [7, 11) is 1.65. The molecule has 2 N–H and O–H groups in total. The number of carbonyl (C=O) groups excluding carboxylic acids is 1. The third kappa shape index (κ3) is 4.23. The monoisotopic (exact) mass is 353 g/mol. The summed E-state index contributed by atoms with van der Waals surface area (Å²) in [4.78, 5) is 23.2. The van der Waals surface area contributed by atoms with Crippen LogP contribution in [0.15, 0.2) is 48.5 Å². The van der Waals surface area contributed by atoms with E-state index in [4.69, 9.17) is 9.84 Å². The first-order chi connectivity index (χ1) is 12.6. The van der Waals surface area contributed by atoms with Crippen molar-refractivity contribution in [2.45, 2.75) is 25.8 Å². The van der Waals surface area contributed by atoms with E-state index in [2.05, 4.69) is 5.32 Å². The first-order valence-corrected chi connectivity index (χ1v) is 8.80. The molecule has 3 rings (SSSR count). The highest BCUT2D eigenvalue weighted by atomic mass is 16.5. The second-order valence-electron chi connectivity index (χ2n) is 6.69. The molecule has 0 aliphatic heterocycles. The molecule has 1 aliphatic rings. The Morgan fingerprint density at radius 2 is 1.81 bits per heavy atom. The van der Waals surface area contributed by atoms with Crippen molar-refractivity contribution in [3.05, 3.63) is 54.1 Å². The van der Waals surface area contributed by atoms with Gasteiger partial charge in [0.1, 0.15) is 5.75 Å². The second-order valence-corrected chi connectivity index (χ2v) is 6.69. The number of rotatable bonds is 6. The number of nitrogens with one attached hydrogen (secondary N) is 1. The van der Waals surface area contributed by atoms with E-state index in [1.807, 2.05) is 48.5 Å². The number of ether oxygens (including phenoxy) is 1. The Labute approximate surface area is 153 Å². The smallest absolute Gasteiger partial charge is 0.306 e. The van der Waals surface area contributed by atoms with Gasteiger partial charge in [-0.05, 0) is 48.1 Å². The van der Waals surface area contributed by atoms with E-state index in [0.717, 1.165) is 22.4 Å². The summed E-state index contributed by atoms with van der Waals surface area (Å²) >= 11 is 0. The number of hydrogen-bond donors (Lipinski definition) is 2. The molecule has 5 nitrogen and oxygen atoms in total. The minimum Gasteiger partial charge on any atom is -0.497 e. The maximum atomic E-state index is 12.2. The molecule has 0 aromatic heterocycles. The van der Waals surface area contributed by atoms with Crippen LogP contribution in [0, 0.1) is 11.8 Å². The van der Waals surface area contributed by atoms with Gasteiger partial charge in [-0.3, -0.25) is 9.59 Å². The fourth-order valence-electron chi connectivity index (χ4n) is 3.40. The van der Waals surface area contributed by atoms with Crippen molar-refractivity contribution in [2.75, 3.05) is 7.11 Å². The highest BCUT2D eigenvalue weighted by molar-refractivity contribution is 5.80. The summed E-state index contributed by atoms with van der Waals surface area (Å²) in [5, 5.41) is 12.0. The number of hydrogen-bond acceptors (Lipinski definition) is 3. The van der Waals surface area contributed by atoms with Crippen LogP contribution < -0.4 is 10.1 Å². The molecule has 1 fully saturated rings. The zero-order valence-electron chi connectivity index (χ0n) is 14.8. The maximum absolute atomic E-state index is 12.2. The lowest BCUT2D eigenvalue weighted by Crippen LogP contribution is -2.29. The average Bonchev–Trinajstić information content (AvgIpc) is 3.17.